The molecule has 2 rings (SSSR count). The Bertz CT molecular complexity index is 449. The summed E-state index contributed by atoms with van der Waals surface area (Å²) in [5.41, 5.74) is 0.337. The Morgan fingerprint density at radius 1 is 1.56 bits per heavy atom. The fourth-order valence-electron chi connectivity index (χ4n) is 1.82. The van der Waals surface area contributed by atoms with Gasteiger partial charge in [0, 0.05) is 19.1 Å². The number of nitrogens with one attached hydrogen (secondary N) is 1. The molecule has 5 heteroatoms. The van der Waals surface area contributed by atoms with E-state index in [1.54, 1.807) is 6.07 Å². The number of rotatable bonds is 5. The van der Waals surface area contributed by atoms with Gasteiger partial charge in [-0.2, -0.15) is 0 Å². The molecule has 1 aromatic carbocycles. The average molecular weight is 315 g/mol. The van der Waals surface area contributed by atoms with Crippen molar-refractivity contribution in [1.29, 1.82) is 0 Å². The maximum absolute atomic E-state index is 13.3. The molecule has 1 aliphatic carbocycles. The van der Waals surface area contributed by atoms with Gasteiger partial charge in [0.25, 0.3) is 5.91 Å². The van der Waals surface area contributed by atoms with Crippen LogP contribution in [0.25, 0.3) is 0 Å². The van der Waals surface area contributed by atoms with Crippen LogP contribution in [-0.4, -0.2) is 37.0 Å². The van der Waals surface area contributed by atoms with Crippen molar-refractivity contribution in [1.82, 2.24) is 10.2 Å². The smallest absolute Gasteiger partial charge is 0.252 e. The highest BCUT2D eigenvalue weighted by atomic mass is 79.9. The van der Waals surface area contributed by atoms with Crippen molar-refractivity contribution in [2.45, 2.75) is 18.9 Å². The van der Waals surface area contributed by atoms with Gasteiger partial charge in [0.05, 0.1) is 10.0 Å². The van der Waals surface area contributed by atoms with Crippen molar-refractivity contribution >= 4 is 21.8 Å². The molecule has 1 fully saturated rings. The number of benzene rings is 1. The summed E-state index contributed by atoms with van der Waals surface area (Å²) in [7, 11) is 2.06. The van der Waals surface area contributed by atoms with Crippen molar-refractivity contribution in [3.05, 3.63) is 34.1 Å². The van der Waals surface area contributed by atoms with E-state index in [2.05, 4.69) is 33.2 Å². The normalized spacial score (nSPS) is 14.9. The van der Waals surface area contributed by atoms with Gasteiger partial charge in [-0.05, 0) is 48.0 Å². The molecule has 1 aliphatic rings. The molecule has 0 unspecified atom stereocenters. The molecule has 1 N–H and O–H groups in total. The SMILES string of the molecule is CN(CCNC(=O)c1cccc(F)c1Br)C1CC1. The van der Waals surface area contributed by atoms with E-state index in [1.807, 2.05) is 0 Å². The summed E-state index contributed by atoms with van der Waals surface area (Å²) in [6.07, 6.45) is 2.50. The minimum absolute atomic E-state index is 0.220. The first-order valence-electron chi connectivity index (χ1n) is 6.02. The first-order chi connectivity index (χ1) is 8.59. The second-order valence-electron chi connectivity index (χ2n) is 4.57. The molecule has 1 aromatic rings. The van der Waals surface area contributed by atoms with E-state index in [0.717, 1.165) is 6.54 Å². The summed E-state index contributed by atoms with van der Waals surface area (Å²) in [5.74, 6) is -0.664. The standard InChI is InChI=1S/C13H16BrFN2O/c1-17(9-5-6-9)8-7-16-13(18)10-3-2-4-11(15)12(10)14/h2-4,9H,5-8H2,1H3,(H,16,18). The summed E-state index contributed by atoms with van der Waals surface area (Å²) in [5, 5.41) is 2.80. The summed E-state index contributed by atoms with van der Waals surface area (Å²) in [6, 6.07) is 5.14. The molecule has 18 heavy (non-hydrogen) atoms. The molecule has 98 valence electrons. The minimum atomic E-state index is -0.419. The quantitative estimate of drug-likeness (QED) is 0.905. The van der Waals surface area contributed by atoms with E-state index in [0.29, 0.717) is 18.2 Å². The van der Waals surface area contributed by atoms with E-state index in [9.17, 15) is 9.18 Å². The minimum Gasteiger partial charge on any atom is -0.351 e. The number of hydrogen-bond donors (Lipinski definition) is 1. The van der Waals surface area contributed by atoms with E-state index < -0.39 is 5.82 Å². The van der Waals surface area contributed by atoms with Crippen LogP contribution in [0.15, 0.2) is 22.7 Å². The van der Waals surface area contributed by atoms with Gasteiger partial charge < -0.3 is 10.2 Å². The third-order valence-corrected chi connectivity index (χ3v) is 3.92. The largest absolute Gasteiger partial charge is 0.351 e. The topological polar surface area (TPSA) is 32.3 Å². The molecule has 0 bridgehead atoms. The van der Waals surface area contributed by atoms with Gasteiger partial charge in [0.2, 0.25) is 0 Å². The second kappa shape index (κ2) is 5.80. The van der Waals surface area contributed by atoms with Crippen LogP contribution in [0.2, 0.25) is 0 Å². The number of nitrogens with zero attached hydrogens (tertiary/aromatic N) is 1. The lowest BCUT2D eigenvalue weighted by molar-refractivity contribution is 0.0948. The predicted octanol–water partition coefficient (Wildman–Crippen LogP) is 2.41. The number of likely N-dealkylation sites (N-methyl/N-ethyl adjacent to an activating group) is 1. The Morgan fingerprint density at radius 2 is 2.28 bits per heavy atom. The zero-order chi connectivity index (χ0) is 13.1. The molecule has 0 radical (unpaired) electrons. The predicted molar refractivity (Wildman–Crippen MR) is 72.1 cm³/mol. The highest BCUT2D eigenvalue weighted by Gasteiger charge is 2.25. The lowest BCUT2D eigenvalue weighted by Gasteiger charge is -2.15. The van der Waals surface area contributed by atoms with Gasteiger partial charge in [-0.15, -0.1) is 0 Å². The molecule has 0 spiro atoms. The van der Waals surface area contributed by atoms with Crippen LogP contribution in [0.1, 0.15) is 23.2 Å². The fraction of sp³-hybridized carbons (Fsp3) is 0.462. The summed E-state index contributed by atoms with van der Waals surface area (Å²) in [6.45, 7) is 1.40. The average Bonchev–Trinajstić information content (AvgIpc) is 3.16. The Kier molecular flexibility index (Phi) is 4.35. The molecule has 3 nitrogen and oxygen atoms in total. The molecule has 1 saturated carbocycles. The number of hydrogen-bond acceptors (Lipinski definition) is 2. The summed E-state index contributed by atoms with van der Waals surface area (Å²) in [4.78, 5) is 14.1. The number of halogens is 2. The highest BCUT2D eigenvalue weighted by molar-refractivity contribution is 9.10. The fourth-order valence-corrected chi connectivity index (χ4v) is 2.26. The van der Waals surface area contributed by atoms with Gasteiger partial charge in [-0.25, -0.2) is 4.39 Å². The molecule has 0 aliphatic heterocycles. The van der Waals surface area contributed by atoms with Gasteiger partial charge in [-0.1, -0.05) is 6.07 Å². The van der Waals surface area contributed by atoms with E-state index in [-0.39, 0.29) is 10.4 Å². The second-order valence-corrected chi connectivity index (χ2v) is 5.36. The molecule has 0 aromatic heterocycles. The van der Waals surface area contributed by atoms with Gasteiger partial charge in [0.15, 0.2) is 0 Å². The molecule has 0 heterocycles. The van der Waals surface area contributed by atoms with Crippen LogP contribution < -0.4 is 5.32 Å². The van der Waals surface area contributed by atoms with Gasteiger partial charge >= 0.3 is 0 Å². The first-order valence-corrected chi connectivity index (χ1v) is 6.81. The van der Waals surface area contributed by atoms with Crippen LogP contribution >= 0.6 is 15.9 Å². The van der Waals surface area contributed by atoms with Crippen molar-refractivity contribution < 1.29 is 9.18 Å². The molecule has 1 amide bonds. The Balaban J connectivity index is 1.85. The molecule has 0 saturated heterocycles. The zero-order valence-electron chi connectivity index (χ0n) is 10.2. The first kappa shape index (κ1) is 13.5. The molecular weight excluding hydrogens is 299 g/mol. The molecular formula is C13H16BrFN2O. The summed E-state index contributed by atoms with van der Waals surface area (Å²) >= 11 is 3.09. The van der Waals surface area contributed by atoms with E-state index >= 15 is 0 Å². The third-order valence-electron chi connectivity index (χ3n) is 3.12. The van der Waals surface area contributed by atoms with Crippen LogP contribution in [0.4, 0.5) is 4.39 Å². The van der Waals surface area contributed by atoms with Crippen LogP contribution in [0, 0.1) is 5.82 Å². The van der Waals surface area contributed by atoms with Crippen molar-refractivity contribution in [2.24, 2.45) is 0 Å². The zero-order valence-corrected chi connectivity index (χ0v) is 11.8. The Morgan fingerprint density at radius 3 is 2.94 bits per heavy atom. The number of carbonyl (C=O) groups is 1. The van der Waals surface area contributed by atoms with Gasteiger partial charge in [-0.3, -0.25) is 4.79 Å². The molecule has 0 atom stereocenters. The van der Waals surface area contributed by atoms with E-state index in [1.165, 1.54) is 25.0 Å². The van der Waals surface area contributed by atoms with Crippen molar-refractivity contribution in [3.8, 4) is 0 Å². The van der Waals surface area contributed by atoms with Crippen molar-refractivity contribution in [3.63, 3.8) is 0 Å². The number of amides is 1. The highest BCUT2D eigenvalue weighted by Crippen LogP contribution is 2.24. The van der Waals surface area contributed by atoms with Crippen LogP contribution in [0.3, 0.4) is 0 Å². The monoisotopic (exact) mass is 314 g/mol. The third kappa shape index (κ3) is 3.29. The summed E-state index contributed by atoms with van der Waals surface area (Å²) < 4.78 is 13.5. The maximum atomic E-state index is 13.3. The Labute approximate surface area is 114 Å². The lowest BCUT2D eigenvalue weighted by Crippen LogP contribution is -2.34. The maximum Gasteiger partial charge on any atom is 0.252 e. The Hall–Kier alpha value is -0.940. The van der Waals surface area contributed by atoms with Crippen LogP contribution in [0.5, 0.6) is 0 Å². The number of carbonyl (C=O) groups excluding carboxylic acids is 1. The van der Waals surface area contributed by atoms with Crippen molar-refractivity contribution in [2.75, 3.05) is 20.1 Å². The lowest BCUT2D eigenvalue weighted by atomic mass is 10.2. The van der Waals surface area contributed by atoms with E-state index in [4.69, 9.17) is 0 Å². The van der Waals surface area contributed by atoms with Crippen LogP contribution in [-0.2, 0) is 0 Å². The van der Waals surface area contributed by atoms with Gasteiger partial charge in [0.1, 0.15) is 5.82 Å².